The molecule has 1 heterocycles. The number of aromatic nitrogens is 1. The van der Waals surface area contributed by atoms with E-state index in [2.05, 4.69) is 16.9 Å². The van der Waals surface area contributed by atoms with E-state index in [-0.39, 0.29) is 5.91 Å². The van der Waals surface area contributed by atoms with Crippen LogP contribution in [0.1, 0.15) is 31.3 Å². The maximum atomic E-state index is 12.2. The molecule has 0 bridgehead atoms. The van der Waals surface area contributed by atoms with Gasteiger partial charge < -0.3 is 15.0 Å². The SMILES string of the molecule is C=C(C)COCCNc1ccnc(C(=O)N(CC)CC)c1. The van der Waals surface area contributed by atoms with Crippen LogP contribution in [0.2, 0.25) is 0 Å². The van der Waals surface area contributed by atoms with Crippen molar-refractivity contribution in [1.29, 1.82) is 0 Å². The van der Waals surface area contributed by atoms with Crippen molar-refractivity contribution in [3.63, 3.8) is 0 Å². The second-order valence-corrected chi connectivity index (χ2v) is 4.84. The Labute approximate surface area is 127 Å². The molecule has 0 spiro atoms. The Kier molecular flexibility index (Phi) is 7.46. The number of anilines is 1. The smallest absolute Gasteiger partial charge is 0.272 e. The first-order valence-electron chi connectivity index (χ1n) is 7.29. The molecule has 0 saturated heterocycles. The molecular weight excluding hydrogens is 266 g/mol. The van der Waals surface area contributed by atoms with Crippen molar-refractivity contribution in [2.24, 2.45) is 0 Å². The summed E-state index contributed by atoms with van der Waals surface area (Å²) in [4.78, 5) is 18.1. The van der Waals surface area contributed by atoms with Crippen LogP contribution in [-0.4, -0.2) is 48.6 Å². The van der Waals surface area contributed by atoms with Crippen LogP contribution in [0.15, 0.2) is 30.5 Å². The average Bonchev–Trinajstić information content (AvgIpc) is 2.48. The maximum Gasteiger partial charge on any atom is 0.272 e. The van der Waals surface area contributed by atoms with Gasteiger partial charge in [0, 0.05) is 31.5 Å². The lowest BCUT2D eigenvalue weighted by Crippen LogP contribution is -2.31. The third-order valence-electron chi connectivity index (χ3n) is 2.95. The van der Waals surface area contributed by atoms with Crippen molar-refractivity contribution < 1.29 is 9.53 Å². The molecule has 21 heavy (non-hydrogen) atoms. The van der Waals surface area contributed by atoms with E-state index in [0.29, 0.717) is 38.5 Å². The predicted octanol–water partition coefficient (Wildman–Crippen LogP) is 2.57. The summed E-state index contributed by atoms with van der Waals surface area (Å²) in [7, 11) is 0. The van der Waals surface area contributed by atoms with Gasteiger partial charge in [-0.2, -0.15) is 0 Å². The van der Waals surface area contributed by atoms with Crippen LogP contribution in [0, 0.1) is 0 Å². The van der Waals surface area contributed by atoms with Gasteiger partial charge in [0.15, 0.2) is 0 Å². The van der Waals surface area contributed by atoms with Crippen molar-refractivity contribution in [1.82, 2.24) is 9.88 Å². The van der Waals surface area contributed by atoms with Crippen LogP contribution in [0.3, 0.4) is 0 Å². The van der Waals surface area contributed by atoms with Crippen LogP contribution < -0.4 is 5.32 Å². The van der Waals surface area contributed by atoms with E-state index >= 15 is 0 Å². The Morgan fingerprint density at radius 1 is 1.43 bits per heavy atom. The number of nitrogens with zero attached hydrogens (tertiary/aromatic N) is 2. The van der Waals surface area contributed by atoms with Crippen LogP contribution in [0.25, 0.3) is 0 Å². The third kappa shape index (κ3) is 5.95. The molecule has 1 aromatic heterocycles. The lowest BCUT2D eigenvalue weighted by Gasteiger charge is -2.18. The molecule has 0 aliphatic carbocycles. The number of pyridine rings is 1. The number of carbonyl (C=O) groups excluding carboxylic acids is 1. The molecule has 0 radical (unpaired) electrons. The van der Waals surface area contributed by atoms with Gasteiger partial charge in [0.25, 0.3) is 5.91 Å². The highest BCUT2D eigenvalue weighted by molar-refractivity contribution is 5.93. The number of rotatable bonds is 9. The average molecular weight is 291 g/mol. The highest BCUT2D eigenvalue weighted by Gasteiger charge is 2.13. The monoisotopic (exact) mass is 291 g/mol. The number of nitrogens with one attached hydrogen (secondary N) is 1. The van der Waals surface area contributed by atoms with Crippen molar-refractivity contribution in [3.05, 3.63) is 36.2 Å². The molecule has 0 aromatic carbocycles. The van der Waals surface area contributed by atoms with Crippen molar-refractivity contribution in [2.75, 3.05) is 38.2 Å². The zero-order chi connectivity index (χ0) is 15.7. The summed E-state index contributed by atoms with van der Waals surface area (Å²) < 4.78 is 5.41. The summed E-state index contributed by atoms with van der Waals surface area (Å²) in [6, 6.07) is 3.62. The fourth-order valence-electron chi connectivity index (χ4n) is 1.84. The Morgan fingerprint density at radius 2 is 2.14 bits per heavy atom. The number of amides is 1. The van der Waals surface area contributed by atoms with Gasteiger partial charge in [-0.15, -0.1) is 0 Å². The molecule has 1 rings (SSSR count). The minimum Gasteiger partial charge on any atom is -0.383 e. The molecule has 5 heteroatoms. The molecule has 0 aliphatic heterocycles. The first-order chi connectivity index (χ1) is 10.1. The van der Waals surface area contributed by atoms with E-state index < -0.39 is 0 Å². The standard InChI is InChI=1S/C16H25N3O2/c1-5-19(6-2)16(20)15-11-14(7-8-18-15)17-9-10-21-12-13(3)4/h7-8,11H,3,5-6,9-10,12H2,1-2,4H3,(H,17,18). The second kappa shape index (κ2) is 9.13. The number of hydrogen-bond donors (Lipinski definition) is 1. The molecule has 5 nitrogen and oxygen atoms in total. The van der Waals surface area contributed by atoms with Crippen LogP contribution >= 0.6 is 0 Å². The topological polar surface area (TPSA) is 54.5 Å². The predicted molar refractivity (Wildman–Crippen MR) is 85.6 cm³/mol. The molecule has 0 fully saturated rings. The quantitative estimate of drug-likeness (QED) is 0.561. The van der Waals surface area contributed by atoms with Crippen LogP contribution in [-0.2, 0) is 4.74 Å². The molecule has 116 valence electrons. The van der Waals surface area contributed by atoms with Gasteiger partial charge in [-0.1, -0.05) is 12.2 Å². The van der Waals surface area contributed by atoms with Gasteiger partial charge in [-0.25, -0.2) is 0 Å². The Balaban J connectivity index is 2.52. The number of hydrogen-bond acceptors (Lipinski definition) is 4. The fraction of sp³-hybridized carbons (Fsp3) is 0.500. The Morgan fingerprint density at radius 3 is 2.76 bits per heavy atom. The number of carbonyl (C=O) groups is 1. The molecule has 0 saturated carbocycles. The maximum absolute atomic E-state index is 12.2. The number of ether oxygens (including phenoxy) is 1. The molecule has 1 N–H and O–H groups in total. The minimum atomic E-state index is -0.0396. The van der Waals surface area contributed by atoms with E-state index in [1.807, 2.05) is 26.8 Å². The molecule has 1 amide bonds. The summed E-state index contributed by atoms with van der Waals surface area (Å²) in [6.07, 6.45) is 1.65. The van der Waals surface area contributed by atoms with E-state index in [1.165, 1.54) is 0 Å². The van der Waals surface area contributed by atoms with Gasteiger partial charge in [0.1, 0.15) is 5.69 Å². The zero-order valence-electron chi connectivity index (χ0n) is 13.2. The van der Waals surface area contributed by atoms with Gasteiger partial charge in [-0.3, -0.25) is 9.78 Å². The largest absolute Gasteiger partial charge is 0.383 e. The van der Waals surface area contributed by atoms with Crippen LogP contribution in [0.5, 0.6) is 0 Å². The highest BCUT2D eigenvalue weighted by atomic mass is 16.5. The second-order valence-electron chi connectivity index (χ2n) is 4.84. The van der Waals surface area contributed by atoms with Gasteiger partial charge >= 0.3 is 0 Å². The third-order valence-corrected chi connectivity index (χ3v) is 2.95. The minimum absolute atomic E-state index is 0.0396. The van der Waals surface area contributed by atoms with Gasteiger partial charge in [0.05, 0.1) is 13.2 Å². The normalized spacial score (nSPS) is 10.2. The van der Waals surface area contributed by atoms with Gasteiger partial charge in [0.2, 0.25) is 0 Å². The van der Waals surface area contributed by atoms with Crippen molar-refractivity contribution in [2.45, 2.75) is 20.8 Å². The molecule has 1 aromatic rings. The summed E-state index contributed by atoms with van der Waals surface area (Å²) in [5.74, 6) is -0.0396. The molecule has 0 atom stereocenters. The lowest BCUT2D eigenvalue weighted by atomic mass is 10.2. The van der Waals surface area contributed by atoms with Crippen molar-refractivity contribution in [3.8, 4) is 0 Å². The summed E-state index contributed by atoms with van der Waals surface area (Å²) in [5, 5.41) is 3.22. The van der Waals surface area contributed by atoms with E-state index in [0.717, 1.165) is 11.3 Å². The Hall–Kier alpha value is -1.88. The summed E-state index contributed by atoms with van der Waals surface area (Å²) >= 11 is 0. The lowest BCUT2D eigenvalue weighted by molar-refractivity contribution is 0.0767. The van der Waals surface area contributed by atoms with E-state index in [9.17, 15) is 4.79 Å². The highest BCUT2D eigenvalue weighted by Crippen LogP contribution is 2.10. The first kappa shape index (κ1) is 17.2. The zero-order valence-corrected chi connectivity index (χ0v) is 13.2. The summed E-state index contributed by atoms with van der Waals surface area (Å²) in [5.41, 5.74) is 2.34. The molecule has 0 aliphatic rings. The van der Waals surface area contributed by atoms with E-state index in [1.54, 1.807) is 17.2 Å². The van der Waals surface area contributed by atoms with Crippen LogP contribution in [0.4, 0.5) is 5.69 Å². The summed E-state index contributed by atoms with van der Waals surface area (Å²) in [6.45, 7) is 12.8. The van der Waals surface area contributed by atoms with Gasteiger partial charge in [-0.05, 0) is 32.9 Å². The molecular formula is C16H25N3O2. The first-order valence-corrected chi connectivity index (χ1v) is 7.29. The Bertz CT molecular complexity index is 470. The molecule has 0 unspecified atom stereocenters. The fourth-order valence-corrected chi connectivity index (χ4v) is 1.84. The van der Waals surface area contributed by atoms with Crippen molar-refractivity contribution >= 4 is 11.6 Å². The van der Waals surface area contributed by atoms with E-state index in [4.69, 9.17) is 4.74 Å².